The highest BCUT2D eigenvalue weighted by Gasteiger charge is 2.21. The van der Waals surface area contributed by atoms with Crippen LogP contribution in [-0.2, 0) is 18.6 Å². The van der Waals surface area contributed by atoms with Crippen LogP contribution in [0, 0.1) is 0 Å². The van der Waals surface area contributed by atoms with Gasteiger partial charge in [-0.15, -0.1) is 0 Å². The van der Waals surface area contributed by atoms with Crippen molar-refractivity contribution < 1.29 is 28.5 Å². The van der Waals surface area contributed by atoms with Crippen LogP contribution in [0.2, 0.25) is 0 Å². The molecule has 0 heterocycles. The van der Waals surface area contributed by atoms with Crippen molar-refractivity contribution in [2.75, 3.05) is 19.9 Å². The molecule has 0 aliphatic carbocycles. The van der Waals surface area contributed by atoms with Crippen LogP contribution in [0.15, 0.2) is 4.99 Å². The summed E-state index contributed by atoms with van der Waals surface area (Å²) in [4.78, 5) is 25.7. The van der Waals surface area contributed by atoms with Gasteiger partial charge in [0, 0.05) is 26.4 Å². The van der Waals surface area contributed by atoms with Crippen LogP contribution in [0.5, 0.6) is 0 Å². The van der Waals surface area contributed by atoms with Crippen LogP contribution < -0.4 is 0 Å². The van der Waals surface area contributed by atoms with Gasteiger partial charge in [0.05, 0.1) is 0 Å². The Morgan fingerprint density at radius 2 is 1.84 bits per heavy atom. The number of nitrogens with zero attached hydrogens (tertiary/aromatic N) is 1. The zero-order valence-corrected chi connectivity index (χ0v) is 12.7. The second kappa shape index (κ2) is 6.82. The lowest BCUT2D eigenvalue weighted by Crippen LogP contribution is -2.24. The third kappa shape index (κ3) is 8.51. The van der Waals surface area contributed by atoms with E-state index in [-0.39, 0.29) is 12.6 Å². The number of carboxylic acids is 1. The Labute approximate surface area is 112 Å². The van der Waals surface area contributed by atoms with E-state index in [1.54, 1.807) is 20.8 Å². The topological polar surface area (TPSA) is 102 Å². The van der Waals surface area contributed by atoms with Crippen molar-refractivity contribution in [2.24, 2.45) is 4.99 Å². The van der Waals surface area contributed by atoms with Gasteiger partial charge in [-0.25, -0.2) is 9.59 Å². The zero-order valence-electron chi connectivity index (χ0n) is 11.8. The molecular weight excluding hydrogens is 273 g/mol. The molecule has 0 saturated heterocycles. The molecule has 0 fully saturated rings. The van der Waals surface area contributed by atoms with E-state index in [9.17, 15) is 14.2 Å². The molecule has 110 valence electrons. The Kier molecular flexibility index (Phi) is 6.39. The largest absolute Gasteiger partial charge is 0.477 e. The van der Waals surface area contributed by atoms with Crippen LogP contribution in [0.4, 0.5) is 4.79 Å². The highest BCUT2D eigenvalue weighted by Crippen LogP contribution is 2.41. The molecule has 8 heteroatoms. The van der Waals surface area contributed by atoms with Gasteiger partial charge in [-0.3, -0.25) is 4.57 Å². The Morgan fingerprint density at radius 3 is 2.21 bits per heavy atom. The first kappa shape index (κ1) is 17.8. The minimum Gasteiger partial charge on any atom is -0.477 e. The summed E-state index contributed by atoms with van der Waals surface area (Å²) in [6.07, 6.45) is -1.11. The van der Waals surface area contributed by atoms with Crippen LogP contribution in [-0.4, -0.2) is 48.4 Å². The van der Waals surface area contributed by atoms with Crippen LogP contribution in [0.1, 0.15) is 27.2 Å². The first-order valence-electron chi connectivity index (χ1n) is 5.63. The first-order valence-corrected chi connectivity index (χ1v) is 7.88. The van der Waals surface area contributed by atoms with Crippen molar-refractivity contribution in [1.29, 1.82) is 0 Å². The van der Waals surface area contributed by atoms with E-state index in [0.29, 0.717) is 0 Å². The van der Waals surface area contributed by atoms with Gasteiger partial charge in [0.2, 0.25) is 0 Å². The summed E-state index contributed by atoms with van der Waals surface area (Å²) in [5, 5.41) is 8.92. The molecule has 1 unspecified atom stereocenters. The lowest BCUT2D eigenvalue weighted by Gasteiger charge is -2.17. The van der Waals surface area contributed by atoms with E-state index in [2.05, 4.69) is 4.99 Å². The normalized spacial score (nSPS) is 15.7. The number of hydrogen-bond acceptors (Lipinski definition) is 5. The fourth-order valence-electron chi connectivity index (χ4n) is 1.01. The molecule has 1 amide bonds. The molecule has 0 saturated carbocycles. The highest BCUT2D eigenvalue weighted by atomic mass is 31.2. The summed E-state index contributed by atoms with van der Waals surface area (Å²) < 4.78 is 21.3. The van der Waals surface area contributed by atoms with E-state index in [1.807, 2.05) is 0 Å². The molecule has 0 aliphatic heterocycles. The van der Waals surface area contributed by atoms with Gasteiger partial charge in [0.15, 0.2) is 7.37 Å². The first-order chi connectivity index (χ1) is 8.47. The van der Waals surface area contributed by atoms with E-state index in [1.165, 1.54) is 13.8 Å². The smallest absolute Gasteiger partial charge is 0.434 e. The average Bonchev–Trinajstić information content (AvgIpc) is 2.21. The second-order valence-corrected chi connectivity index (χ2v) is 7.85. The number of aliphatic imine (C=N–C) groups is 1. The molecule has 19 heavy (non-hydrogen) atoms. The number of amides is 1. The standard InChI is InChI=1S/C11H20NO6P/c1-11(2,3)18-10(15)12-8(9(13)14)6-7-19(5,16)17-4/h6-7H2,1-5H3,(H,13,14). The fraction of sp³-hybridized carbons (Fsp3) is 0.727. The average molecular weight is 293 g/mol. The maximum Gasteiger partial charge on any atom is 0.434 e. The van der Waals surface area contributed by atoms with Crippen molar-refractivity contribution in [3.05, 3.63) is 0 Å². The minimum atomic E-state index is -2.85. The molecule has 0 radical (unpaired) electrons. The van der Waals surface area contributed by atoms with Crippen molar-refractivity contribution in [1.82, 2.24) is 0 Å². The summed E-state index contributed by atoms with van der Waals surface area (Å²) in [7, 11) is -1.56. The molecule has 0 aromatic heterocycles. The summed E-state index contributed by atoms with van der Waals surface area (Å²) in [5.41, 5.74) is -1.15. The van der Waals surface area contributed by atoms with Crippen LogP contribution >= 0.6 is 7.37 Å². The SMILES string of the molecule is COP(C)(=O)CCC(=NC(=O)OC(C)(C)C)C(=O)O. The molecule has 1 atom stereocenters. The fourth-order valence-corrected chi connectivity index (χ4v) is 1.81. The Bertz CT molecular complexity index is 423. The molecule has 1 N–H and O–H groups in total. The third-order valence-corrected chi connectivity index (χ3v) is 3.82. The van der Waals surface area contributed by atoms with Crippen molar-refractivity contribution in [3.63, 3.8) is 0 Å². The van der Waals surface area contributed by atoms with Gasteiger partial charge in [0.25, 0.3) is 0 Å². The zero-order chi connectivity index (χ0) is 15.3. The van der Waals surface area contributed by atoms with Crippen LogP contribution in [0.3, 0.4) is 0 Å². The predicted molar refractivity (Wildman–Crippen MR) is 71.3 cm³/mol. The maximum absolute atomic E-state index is 11.6. The molecule has 0 aromatic rings. The van der Waals surface area contributed by atoms with E-state index in [4.69, 9.17) is 14.4 Å². The number of carbonyl (C=O) groups excluding carboxylic acids is 1. The number of rotatable bonds is 5. The van der Waals surface area contributed by atoms with Gasteiger partial charge in [-0.05, 0) is 20.8 Å². The number of ether oxygens (including phenoxy) is 1. The molecule has 0 aromatic carbocycles. The van der Waals surface area contributed by atoms with Crippen molar-refractivity contribution in [2.45, 2.75) is 32.8 Å². The van der Waals surface area contributed by atoms with Gasteiger partial charge in [0.1, 0.15) is 11.3 Å². The Morgan fingerprint density at radius 1 is 1.32 bits per heavy atom. The van der Waals surface area contributed by atoms with Crippen LogP contribution in [0.25, 0.3) is 0 Å². The second-order valence-electron chi connectivity index (χ2n) is 5.01. The monoisotopic (exact) mass is 293 g/mol. The van der Waals surface area contributed by atoms with Gasteiger partial charge in [-0.1, -0.05) is 0 Å². The molecule has 0 rings (SSSR count). The van der Waals surface area contributed by atoms with E-state index in [0.717, 1.165) is 0 Å². The van der Waals surface area contributed by atoms with Gasteiger partial charge < -0.3 is 14.4 Å². The highest BCUT2D eigenvalue weighted by molar-refractivity contribution is 7.58. The van der Waals surface area contributed by atoms with Crippen molar-refractivity contribution >= 4 is 25.1 Å². The van der Waals surface area contributed by atoms with E-state index >= 15 is 0 Å². The molecule has 0 bridgehead atoms. The number of aliphatic carboxylic acids is 1. The van der Waals surface area contributed by atoms with E-state index < -0.39 is 30.7 Å². The van der Waals surface area contributed by atoms with Crippen molar-refractivity contribution in [3.8, 4) is 0 Å². The Balaban J connectivity index is 4.79. The summed E-state index contributed by atoms with van der Waals surface area (Å²) in [6, 6.07) is 0. The maximum atomic E-state index is 11.6. The number of carbonyl (C=O) groups is 2. The van der Waals surface area contributed by atoms with Gasteiger partial charge >= 0.3 is 12.1 Å². The molecule has 0 spiro atoms. The minimum absolute atomic E-state index is 0.00255. The summed E-state index contributed by atoms with van der Waals surface area (Å²) in [6.45, 7) is 6.32. The number of carboxylic acid groups (broad SMARTS) is 1. The molecule has 7 nitrogen and oxygen atoms in total. The summed E-state index contributed by atoms with van der Waals surface area (Å²) >= 11 is 0. The predicted octanol–water partition coefficient (Wildman–Crippen LogP) is 2.39. The molecular formula is C11H20NO6P. The summed E-state index contributed by atoms with van der Waals surface area (Å²) in [5.74, 6) is -1.35. The number of hydrogen-bond donors (Lipinski definition) is 1. The molecule has 0 aliphatic rings. The lowest BCUT2D eigenvalue weighted by atomic mass is 10.2. The quantitative estimate of drug-likeness (QED) is 0.616. The Hall–Kier alpha value is -1.20. The van der Waals surface area contributed by atoms with Gasteiger partial charge in [-0.2, -0.15) is 4.99 Å². The lowest BCUT2D eigenvalue weighted by molar-refractivity contribution is -0.129. The third-order valence-electron chi connectivity index (χ3n) is 2.01.